The van der Waals surface area contributed by atoms with Crippen molar-refractivity contribution in [1.82, 2.24) is 0 Å². The first-order chi connectivity index (χ1) is 5.68. The van der Waals surface area contributed by atoms with E-state index in [1.165, 1.54) is 0 Å². The van der Waals surface area contributed by atoms with E-state index < -0.39 is 20.6 Å². The van der Waals surface area contributed by atoms with E-state index in [2.05, 4.69) is 0 Å². The third-order valence-electron chi connectivity index (χ3n) is 1.66. The van der Waals surface area contributed by atoms with Crippen LogP contribution in [0.3, 0.4) is 0 Å². The molecule has 0 fully saturated rings. The predicted molar refractivity (Wildman–Crippen MR) is 51.5 cm³/mol. The average molecular weight is 278 g/mol. The van der Waals surface area contributed by atoms with Crippen LogP contribution in [0.25, 0.3) is 0 Å². The molecule has 0 aliphatic carbocycles. The van der Waals surface area contributed by atoms with Gasteiger partial charge in [-0.25, -0.2) is 0 Å². The van der Waals surface area contributed by atoms with Gasteiger partial charge >= 0.3 is 77.7 Å². The van der Waals surface area contributed by atoms with Gasteiger partial charge in [0.15, 0.2) is 0 Å². The number of hydrogen-bond donors (Lipinski definition) is 1. The zero-order valence-electron chi connectivity index (χ0n) is 6.37. The predicted octanol–water partition coefficient (Wildman–Crippen LogP) is 1.66. The van der Waals surface area contributed by atoms with Crippen LogP contribution in [0.1, 0.15) is 15.9 Å². The fourth-order valence-corrected chi connectivity index (χ4v) is 3.30. The van der Waals surface area contributed by atoms with Crippen molar-refractivity contribution in [2.75, 3.05) is 0 Å². The molecule has 2 rings (SSSR count). The number of rotatable bonds is 0. The second kappa shape index (κ2) is 2.70. The summed E-state index contributed by atoms with van der Waals surface area (Å²) in [5.74, 6) is -0.374. The molecule has 0 saturated heterocycles. The summed E-state index contributed by atoms with van der Waals surface area (Å²) < 4.78 is 14.8. The fraction of sp³-hybridized carbons (Fsp3) is 0.125. The third-order valence-corrected chi connectivity index (χ3v) is 4.41. The van der Waals surface area contributed by atoms with Crippen molar-refractivity contribution in [3.05, 3.63) is 32.9 Å². The first-order valence-electron chi connectivity index (χ1n) is 3.41. The van der Waals surface area contributed by atoms with Gasteiger partial charge in [-0.1, -0.05) is 0 Å². The van der Waals surface area contributed by atoms with Crippen LogP contribution in [0, 0.1) is 10.5 Å². The van der Waals surface area contributed by atoms with Gasteiger partial charge in [-0.3, -0.25) is 0 Å². The number of halogens is 1. The van der Waals surface area contributed by atoms with Gasteiger partial charge in [-0.05, 0) is 0 Å². The summed E-state index contributed by atoms with van der Waals surface area (Å²) in [5.41, 5.74) is 1.56. The quantitative estimate of drug-likeness (QED) is 0.734. The number of aryl methyl sites for hydroxylation is 1. The minimum absolute atomic E-state index is 0.374. The number of hydrogen-bond acceptors (Lipinski definition) is 3. The van der Waals surface area contributed by atoms with Crippen molar-refractivity contribution >= 4 is 26.6 Å². The van der Waals surface area contributed by atoms with Crippen molar-refractivity contribution < 1.29 is 11.3 Å². The maximum absolute atomic E-state index is 11.1. The average Bonchev–Trinajstić information content (AvgIpc) is 2.28. The van der Waals surface area contributed by atoms with E-state index in [4.69, 9.17) is 3.07 Å². The molecule has 1 aromatic carbocycles. The molecule has 1 aliphatic rings. The molecule has 1 N–H and O–H groups in total. The topological polar surface area (TPSA) is 46.5 Å². The summed E-state index contributed by atoms with van der Waals surface area (Å²) >= 11 is -2.54. The van der Waals surface area contributed by atoms with Crippen LogP contribution in [0.15, 0.2) is 18.2 Å². The van der Waals surface area contributed by atoms with Crippen LogP contribution in [-0.4, -0.2) is 9.41 Å². The molecule has 1 aliphatic heterocycles. The van der Waals surface area contributed by atoms with Gasteiger partial charge in [0.25, 0.3) is 0 Å². The Balaban J connectivity index is 2.60. The molecular formula is C8H7IO3. The molecule has 0 spiro atoms. The number of benzene rings is 1. The Morgan fingerprint density at radius 3 is 3.00 bits per heavy atom. The molecule has 64 valence electrons. The summed E-state index contributed by atoms with van der Waals surface area (Å²) in [6, 6.07) is 5.41. The maximum atomic E-state index is 11.1. The normalized spacial score (nSPS) is 17.5. The Hall–Kier alpha value is -0.620. The van der Waals surface area contributed by atoms with Gasteiger partial charge in [-0.2, -0.15) is 0 Å². The number of fused-ring (bicyclic) bond motifs is 1. The molecule has 0 saturated carbocycles. The van der Waals surface area contributed by atoms with E-state index in [0.717, 1.165) is 9.13 Å². The summed E-state index contributed by atoms with van der Waals surface area (Å²) in [6.45, 7) is 1.90. The van der Waals surface area contributed by atoms with E-state index in [-0.39, 0.29) is 5.97 Å². The Labute approximate surface area is 77.8 Å². The molecule has 0 unspecified atom stereocenters. The third kappa shape index (κ3) is 1.11. The first kappa shape index (κ1) is 8.00. The van der Waals surface area contributed by atoms with Gasteiger partial charge in [0.05, 0.1) is 0 Å². The van der Waals surface area contributed by atoms with Crippen molar-refractivity contribution in [3.63, 3.8) is 0 Å². The van der Waals surface area contributed by atoms with Gasteiger partial charge in [0, 0.05) is 0 Å². The molecule has 3 nitrogen and oxygen atoms in total. The van der Waals surface area contributed by atoms with Gasteiger partial charge < -0.3 is 0 Å². The summed E-state index contributed by atoms with van der Waals surface area (Å²) in [4.78, 5) is 11.1. The first-order valence-corrected chi connectivity index (χ1v) is 6.33. The van der Waals surface area contributed by atoms with Crippen LogP contribution in [0.4, 0.5) is 0 Å². The second-order valence-corrected chi connectivity index (χ2v) is 5.50. The molecule has 12 heavy (non-hydrogen) atoms. The van der Waals surface area contributed by atoms with Gasteiger partial charge in [-0.15, -0.1) is 0 Å². The Morgan fingerprint density at radius 2 is 2.25 bits per heavy atom. The fourth-order valence-electron chi connectivity index (χ4n) is 1.09. The number of carbonyl (C=O) groups excluding carboxylic acids is 1. The van der Waals surface area contributed by atoms with E-state index in [0.29, 0.717) is 5.56 Å². The Bertz CT molecular complexity index is 348. The van der Waals surface area contributed by atoms with Crippen molar-refractivity contribution in [3.8, 4) is 0 Å². The Morgan fingerprint density at radius 1 is 1.50 bits per heavy atom. The second-order valence-electron chi connectivity index (χ2n) is 2.58. The van der Waals surface area contributed by atoms with Crippen LogP contribution in [0.5, 0.6) is 0 Å². The molecule has 4 heteroatoms. The zero-order chi connectivity index (χ0) is 8.72. The van der Waals surface area contributed by atoms with E-state index in [1.807, 2.05) is 13.0 Å². The van der Waals surface area contributed by atoms with Crippen LogP contribution < -0.4 is 0 Å². The van der Waals surface area contributed by atoms with Crippen LogP contribution in [0.2, 0.25) is 0 Å². The van der Waals surface area contributed by atoms with Crippen molar-refractivity contribution in [1.29, 1.82) is 0 Å². The monoisotopic (exact) mass is 278 g/mol. The molecule has 0 amide bonds. The summed E-state index contributed by atoms with van der Waals surface area (Å²) in [5, 5.41) is 0. The summed E-state index contributed by atoms with van der Waals surface area (Å²) in [7, 11) is 0. The Kier molecular flexibility index (Phi) is 1.80. The SMILES string of the molecule is Cc1ccc2c(c1)C(=O)OI2O. The molecule has 0 bridgehead atoms. The van der Waals surface area contributed by atoms with Crippen molar-refractivity contribution in [2.45, 2.75) is 6.92 Å². The van der Waals surface area contributed by atoms with Gasteiger partial charge in [0.2, 0.25) is 0 Å². The minimum atomic E-state index is -2.54. The van der Waals surface area contributed by atoms with Crippen LogP contribution >= 0.6 is 20.6 Å². The van der Waals surface area contributed by atoms with E-state index in [1.54, 1.807) is 12.1 Å². The molecule has 0 aromatic heterocycles. The van der Waals surface area contributed by atoms with Gasteiger partial charge in [0.1, 0.15) is 0 Å². The van der Waals surface area contributed by atoms with E-state index >= 15 is 0 Å². The standard InChI is InChI=1S/C8H7IO3/c1-5-2-3-7-6(4-5)8(10)12-9(7)11/h2-4,11H,1H3. The summed E-state index contributed by atoms with van der Waals surface area (Å²) in [6.07, 6.45) is 0. The molecule has 1 aromatic rings. The number of carbonyl (C=O) groups is 1. The molecule has 0 radical (unpaired) electrons. The molecule has 0 atom stereocenters. The zero-order valence-corrected chi connectivity index (χ0v) is 8.53. The van der Waals surface area contributed by atoms with E-state index in [9.17, 15) is 8.23 Å². The van der Waals surface area contributed by atoms with Crippen molar-refractivity contribution in [2.24, 2.45) is 0 Å². The molecular weight excluding hydrogens is 271 g/mol. The van der Waals surface area contributed by atoms with Crippen LogP contribution in [-0.2, 0) is 3.07 Å². The molecule has 1 heterocycles.